The molecule has 7 heteroatoms. The number of para-hydroxylation sites is 1. The van der Waals surface area contributed by atoms with Crippen LogP contribution >= 0.6 is 0 Å². The zero-order valence-corrected chi connectivity index (χ0v) is 16.3. The predicted molar refractivity (Wildman–Crippen MR) is 103 cm³/mol. The number of aliphatic hydroxyl groups is 3. The minimum absolute atomic E-state index is 0.229. The Morgan fingerprint density at radius 1 is 1.00 bits per heavy atom. The van der Waals surface area contributed by atoms with E-state index in [0.29, 0.717) is 17.7 Å². The van der Waals surface area contributed by atoms with E-state index in [1.165, 1.54) is 6.92 Å². The molecule has 2 aromatic rings. The number of methoxy groups -OCH3 is 1. The second kappa shape index (κ2) is 8.65. The number of hydrogen-bond donors (Lipinski definition) is 3. The smallest absolute Gasteiger partial charge is 0.294 e. The van der Waals surface area contributed by atoms with Crippen molar-refractivity contribution in [2.24, 2.45) is 11.8 Å². The Morgan fingerprint density at radius 2 is 1.66 bits per heavy atom. The molecule has 1 fully saturated rings. The Morgan fingerprint density at radius 3 is 2.28 bits per heavy atom. The van der Waals surface area contributed by atoms with Gasteiger partial charge in [-0.05, 0) is 29.3 Å². The summed E-state index contributed by atoms with van der Waals surface area (Å²) in [6, 6.07) is 14.2. The van der Waals surface area contributed by atoms with Gasteiger partial charge in [0.25, 0.3) is 5.92 Å². The highest BCUT2D eigenvalue weighted by Gasteiger charge is 2.61. The molecule has 5 nitrogen and oxygen atoms in total. The molecule has 0 aliphatic heterocycles. The molecule has 0 spiro atoms. The fourth-order valence-electron chi connectivity index (χ4n) is 3.75. The minimum Gasteiger partial charge on any atom is -0.497 e. The minimum atomic E-state index is -3.60. The normalized spacial score (nSPS) is 28.7. The summed E-state index contributed by atoms with van der Waals surface area (Å²) in [5, 5.41) is 29.8. The maximum atomic E-state index is 14.9. The van der Waals surface area contributed by atoms with Gasteiger partial charge in [0.2, 0.25) is 0 Å². The zero-order valence-electron chi connectivity index (χ0n) is 16.3. The van der Waals surface area contributed by atoms with Gasteiger partial charge in [0.15, 0.2) is 6.10 Å². The monoisotopic (exact) mass is 408 g/mol. The fourth-order valence-corrected chi connectivity index (χ4v) is 3.75. The van der Waals surface area contributed by atoms with Crippen LogP contribution < -0.4 is 9.47 Å². The Bertz CT molecular complexity index is 811. The first-order chi connectivity index (χ1) is 13.8. The van der Waals surface area contributed by atoms with Crippen molar-refractivity contribution in [3.8, 4) is 11.5 Å². The van der Waals surface area contributed by atoms with Gasteiger partial charge in [-0.25, -0.2) is 8.78 Å². The number of alkyl halides is 2. The molecule has 1 saturated carbocycles. The van der Waals surface area contributed by atoms with E-state index < -0.39 is 42.7 Å². The van der Waals surface area contributed by atoms with Gasteiger partial charge in [-0.3, -0.25) is 0 Å². The molecule has 0 unspecified atom stereocenters. The maximum absolute atomic E-state index is 14.9. The highest BCUT2D eigenvalue weighted by molar-refractivity contribution is 5.39. The predicted octanol–water partition coefficient (Wildman–Crippen LogP) is 2.65. The molecule has 3 N–H and O–H groups in total. The van der Waals surface area contributed by atoms with Gasteiger partial charge in [0.05, 0.1) is 25.7 Å². The van der Waals surface area contributed by atoms with Crippen LogP contribution in [0.3, 0.4) is 0 Å². The molecule has 0 bridgehead atoms. The van der Waals surface area contributed by atoms with Crippen LogP contribution in [0.5, 0.6) is 11.5 Å². The summed E-state index contributed by atoms with van der Waals surface area (Å²) < 4.78 is 40.6. The molecule has 1 aliphatic rings. The van der Waals surface area contributed by atoms with Crippen molar-refractivity contribution in [1.82, 2.24) is 0 Å². The van der Waals surface area contributed by atoms with Crippen molar-refractivity contribution in [3.63, 3.8) is 0 Å². The zero-order chi connectivity index (χ0) is 21.2. The number of aliphatic hydroxyl groups excluding tert-OH is 3. The maximum Gasteiger partial charge on any atom is 0.294 e. The summed E-state index contributed by atoms with van der Waals surface area (Å²) in [4.78, 5) is 0. The average Bonchev–Trinajstić information content (AvgIpc) is 2.71. The van der Waals surface area contributed by atoms with Crippen molar-refractivity contribution < 1.29 is 33.6 Å². The number of hydrogen-bond acceptors (Lipinski definition) is 5. The van der Waals surface area contributed by atoms with Gasteiger partial charge in [0.1, 0.15) is 17.6 Å². The second-order valence-corrected chi connectivity index (χ2v) is 7.47. The molecule has 158 valence electrons. The van der Waals surface area contributed by atoms with Gasteiger partial charge in [-0.15, -0.1) is 0 Å². The SMILES string of the molecule is COc1ccc(Cc2ccccc2O[C@H]2[C@H](O)[C@@H](C)[C@H](O)[C@@H](CO)C2(F)F)cc1. The van der Waals surface area contributed by atoms with Gasteiger partial charge in [-0.1, -0.05) is 37.3 Å². The lowest BCUT2D eigenvalue weighted by molar-refractivity contribution is -0.250. The lowest BCUT2D eigenvalue weighted by Crippen LogP contribution is -2.64. The summed E-state index contributed by atoms with van der Waals surface area (Å²) in [5.41, 5.74) is 1.62. The Balaban J connectivity index is 1.87. The molecule has 29 heavy (non-hydrogen) atoms. The van der Waals surface area contributed by atoms with E-state index in [2.05, 4.69) is 0 Å². The number of halogens is 2. The van der Waals surface area contributed by atoms with E-state index in [0.717, 1.165) is 5.56 Å². The van der Waals surface area contributed by atoms with Crippen molar-refractivity contribution >= 4 is 0 Å². The van der Waals surface area contributed by atoms with E-state index in [9.17, 15) is 24.1 Å². The summed E-state index contributed by atoms with van der Waals surface area (Å²) in [7, 11) is 1.57. The third-order valence-corrected chi connectivity index (χ3v) is 5.65. The highest BCUT2D eigenvalue weighted by atomic mass is 19.3. The summed E-state index contributed by atoms with van der Waals surface area (Å²) in [5.74, 6) is -5.24. The van der Waals surface area contributed by atoms with Crippen molar-refractivity contribution in [2.45, 2.75) is 37.6 Å². The van der Waals surface area contributed by atoms with Crippen LogP contribution in [0, 0.1) is 11.8 Å². The number of benzene rings is 2. The summed E-state index contributed by atoms with van der Waals surface area (Å²) >= 11 is 0. The lowest BCUT2D eigenvalue weighted by atomic mass is 9.73. The molecule has 0 aromatic heterocycles. The highest BCUT2D eigenvalue weighted by Crippen LogP contribution is 2.43. The van der Waals surface area contributed by atoms with Gasteiger partial charge in [0, 0.05) is 12.3 Å². The molecular weight excluding hydrogens is 382 g/mol. The van der Waals surface area contributed by atoms with Crippen LogP contribution in [-0.2, 0) is 6.42 Å². The summed E-state index contributed by atoms with van der Waals surface area (Å²) in [6.07, 6.45) is -4.55. The van der Waals surface area contributed by atoms with Crippen LogP contribution in [-0.4, -0.2) is 53.3 Å². The van der Waals surface area contributed by atoms with Crippen LogP contribution in [0.2, 0.25) is 0 Å². The largest absolute Gasteiger partial charge is 0.497 e. The molecular formula is C22H26F2O5. The van der Waals surface area contributed by atoms with E-state index in [4.69, 9.17) is 9.47 Å². The number of ether oxygens (including phenoxy) is 2. The topological polar surface area (TPSA) is 79.2 Å². The molecule has 0 radical (unpaired) electrons. The quantitative estimate of drug-likeness (QED) is 0.685. The second-order valence-electron chi connectivity index (χ2n) is 7.47. The molecule has 2 aromatic carbocycles. The summed E-state index contributed by atoms with van der Waals surface area (Å²) in [6.45, 7) is 0.561. The van der Waals surface area contributed by atoms with Crippen LogP contribution in [0.4, 0.5) is 8.78 Å². The standard InChI is InChI=1S/C22H26F2O5/c1-13-19(26)17(12-25)22(23,24)21(20(13)27)29-18-6-4-3-5-15(18)11-14-7-9-16(28-2)10-8-14/h3-10,13,17,19-21,25-27H,11-12H2,1-2H3/t13-,17+,19-,20+,21-/m0/s1. The van der Waals surface area contributed by atoms with Gasteiger partial charge in [-0.2, -0.15) is 0 Å². The first-order valence-corrected chi connectivity index (χ1v) is 9.51. The first kappa shape index (κ1) is 21.5. The van der Waals surface area contributed by atoms with E-state index in [-0.39, 0.29) is 5.75 Å². The number of rotatable bonds is 6. The molecule has 0 heterocycles. The van der Waals surface area contributed by atoms with Gasteiger partial charge < -0.3 is 24.8 Å². The van der Waals surface area contributed by atoms with Gasteiger partial charge >= 0.3 is 0 Å². The van der Waals surface area contributed by atoms with Crippen molar-refractivity contribution in [2.75, 3.05) is 13.7 Å². The van der Waals surface area contributed by atoms with Crippen LogP contribution in [0.15, 0.2) is 48.5 Å². The average molecular weight is 408 g/mol. The van der Waals surface area contributed by atoms with E-state index in [1.54, 1.807) is 31.4 Å². The molecule has 5 atom stereocenters. The van der Waals surface area contributed by atoms with Crippen LogP contribution in [0.1, 0.15) is 18.1 Å². The van der Waals surface area contributed by atoms with Crippen molar-refractivity contribution in [3.05, 3.63) is 59.7 Å². The Kier molecular flexibility index (Phi) is 6.41. The first-order valence-electron chi connectivity index (χ1n) is 9.51. The molecule has 0 saturated heterocycles. The third kappa shape index (κ3) is 4.22. The van der Waals surface area contributed by atoms with E-state index >= 15 is 0 Å². The fraction of sp³-hybridized carbons (Fsp3) is 0.455. The molecule has 1 aliphatic carbocycles. The van der Waals surface area contributed by atoms with Crippen molar-refractivity contribution in [1.29, 1.82) is 0 Å². The third-order valence-electron chi connectivity index (χ3n) is 5.65. The lowest BCUT2D eigenvalue weighted by Gasteiger charge is -2.46. The molecule has 0 amide bonds. The Hall–Kier alpha value is -2.22. The molecule has 3 rings (SSSR count). The Labute approximate surface area is 168 Å². The van der Waals surface area contributed by atoms with E-state index in [1.807, 2.05) is 24.3 Å². The van der Waals surface area contributed by atoms with Crippen LogP contribution in [0.25, 0.3) is 0 Å².